The van der Waals surface area contributed by atoms with E-state index in [0.717, 1.165) is 30.4 Å². The zero-order chi connectivity index (χ0) is 15.0. The molecule has 21 heavy (non-hydrogen) atoms. The van der Waals surface area contributed by atoms with Crippen molar-refractivity contribution in [2.45, 2.75) is 31.5 Å². The smallest absolute Gasteiger partial charge is 0.339 e. The molecule has 116 valence electrons. The van der Waals surface area contributed by atoms with Crippen LogP contribution < -0.4 is 0 Å². The molecule has 0 radical (unpaired) electrons. The molecule has 2 aliphatic rings. The summed E-state index contributed by atoms with van der Waals surface area (Å²) in [5.74, 6) is 1.75. The van der Waals surface area contributed by atoms with Crippen LogP contribution in [0.2, 0.25) is 0 Å². The van der Waals surface area contributed by atoms with E-state index >= 15 is 0 Å². The summed E-state index contributed by atoms with van der Waals surface area (Å²) in [5.41, 5.74) is -0.353. The van der Waals surface area contributed by atoms with Crippen molar-refractivity contribution in [1.82, 2.24) is 14.7 Å². The summed E-state index contributed by atoms with van der Waals surface area (Å²) in [6.07, 6.45) is -2.71. The van der Waals surface area contributed by atoms with Gasteiger partial charge in [-0.25, -0.2) is 0 Å². The Labute approximate surface area is 124 Å². The largest absolute Gasteiger partial charge is 0.435 e. The van der Waals surface area contributed by atoms with Crippen molar-refractivity contribution in [3.05, 3.63) is 17.5 Å². The van der Waals surface area contributed by atoms with Gasteiger partial charge in [-0.3, -0.25) is 9.48 Å². The number of hydrogen-bond donors (Lipinski definition) is 0. The van der Waals surface area contributed by atoms with Gasteiger partial charge in [0.1, 0.15) is 6.54 Å². The second kappa shape index (κ2) is 5.55. The third-order valence-electron chi connectivity index (χ3n) is 3.75. The second-order valence-corrected chi connectivity index (χ2v) is 6.60. The number of aromatic nitrogens is 2. The Bertz CT molecular complexity index is 533. The molecule has 0 N–H and O–H groups in total. The number of nitrogens with zero attached hydrogens (tertiary/aromatic N) is 3. The fourth-order valence-electron chi connectivity index (χ4n) is 2.44. The SMILES string of the molecule is O=C(Cn1nc(C(F)(F)F)cc1C1CC1)N1CCSCC1. The van der Waals surface area contributed by atoms with E-state index in [1.165, 1.54) is 4.68 Å². The molecule has 0 aromatic carbocycles. The highest BCUT2D eigenvalue weighted by Gasteiger charge is 2.38. The first kappa shape index (κ1) is 14.7. The molecule has 1 aliphatic carbocycles. The molecule has 0 atom stereocenters. The molecule has 1 aliphatic heterocycles. The minimum atomic E-state index is -4.46. The lowest BCUT2D eigenvalue weighted by Gasteiger charge is -2.26. The van der Waals surface area contributed by atoms with Crippen molar-refractivity contribution < 1.29 is 18.0 Å². The fraction of sp³-hybridized carbons (Fsp3) is 0.692. The minimum absolute atomic E-state index is 0.0907. The molecule has 1 saturated carbocycles. The zero-order valence-electron chi connectivity index (χ0n) is 11.4. The summed E-state index contributed by atoms with van der Waals surface area (Å²) in [4.78, 5) is 13.9. The topological polar surface area (TPSA) is 38.1 Å². The molecule has 4 nitrogen and oxygen atoms in total. The number of alkyl halides is 3. The zero-order valence-corrected chi connectivity index (χ0v) is 12.2. The van der Waals surface area contributed by atoms with Crippen molar-refractivity contribution in [3.8, 4) is 0 Å². The summed E-state index contributed by atoms with van der Waals surface area (Å²) >= 11 is 1.78. The van der Waals surface area contributed by atoms with Crippen LogP contribution >= 0.6 is 11.8 Å². The molecule has 8 heteroatoms. The van der Waals surface area contributed by atoms with Gasteiger partial charge in [-0.1, -0.05) is 0 Å². The number of amides is 1. The van der Waals surface area contributed by atoms with Gasteiger partial charge in [0.25, 0.3) is 0 Å². The maximum Gasteiger partial charge on any atom is 0.435 e. The van der Waals surface area contributed by atoms with Gasteiger partial charge >= 0.3 is 6.18 Å². The van der Waals surface area contributed by atoms with Crippen LogP contribution in [-0.2, 0) is 17.5 Å². The molecule has 3 rings (SSSR count). The Hall–Kier alpha value is -1.18. The molecular weight excluding hydrogens is 303 g/mol. The van der Waals surface area contributed by atoms with Crippen molar-refractivity contribution >= 4 is 17.7 Å². The van der Waals surface area contributed by atoms with E-state index in [4.69, 9.17) is 0 Å². The van der Waals surface area contributed by atoms with Gasteiger partial charge in [0, 0.05) is 36.2 Å². The Balaban J connectivity index is 1.77. The lowest BCUT2D eigenvalue weighted by Crippen LogP contribution is -2.40. The van der Waals surface area contributed by atoms with Gasteiger partial charge in [-0.2, -0.15) is 30.0 Å². The molecule has 1 saturated heterocycles. The normalized spacial score (nSPS) is 19.9. The first-order valence-corrected chi connectivity index (χ1v) is 8.11. The molecule has 0 spiro atoms. The number of thioether (sulfide) groups is 1. The molecule has 1 amide bonds. The Morgan fingerprint density at radius 3 is 2.57 bits per heavy atom. The predicted molar refractivity (Wildman–Crippen MR) is 73.1 cm³/mol. The van der Waals surface area contributed by atoms with Crippen molar-refractivity contribution in [1.29, 1.82) is 0 Å². The lowest BCUT2D eigenvalue weighted by molar-refractivity contribution is -0.142. The summed E-state index contributed by atoms with van der Waals surface area (Å²) in [7, 11) is 0. The molecule has 2 fully saturated rings. The van der Waals surface area contributed by atoms with Gasteiger partial charge in [-0.15, -0.1) is 0 Å². The van der Waals surface area contributed by atoms with Crippen LogP contribution in [-0.4, -0.2) is 45.2 Å². The van der Waals surface area contributed by atoms with E-state index in [2.05, 4.69) is 5.10 Å². The van der Waals surface area contributed by atoms with E-state index in [1.54, 1.807) is 16.7 Å². The van der Waals surface area contributed by atoms with Gasteiger partial charge in [0.15, 0.2) is 5.69 Å². The van der Waals surface area contributed by atoms with E-state index in [-0.39, 0.29) is 18.4 Å². The first-order chi connectivity index (χ1) is 9.95. The Morgan fingerprint density at radius 2 is 2.00 bits per heavy atom. The number of carbonyl (C=O) groups excluding carboxylic acids is 1. The van der Waals surface area contributed by atoms with Gasteiger partial charge in [0.2, 0.25) is 5.91 Å². The van der Waals surface area contributed by atoms with Crippen LogP contribution in [0.4, 0.5) is 13.2 Å². The fourth-order valence-corrected chi connectivity index (χ4v) is 3.35. The molecule has 0 unspecified atom stereocenters. The second-order valence-electron chi connectivity index (χ2n) is 5.38. The predicted octanol–water partition coefficient (Wildman–Crippen LogP) is 2.35. The number of carbonyl (C=O) groups is 1. The molecular formula is C13H16F3N3OS. The number of halogens is 3. The number of hydrogen-bond acceptors (Lipinski definition) is 3. The average molecular weight is 319 g/mol. The molecule has 2 heterocycles. The Kier molecular flexibility index (Phi) is 3.90. The minimum Gasteiger partial charge on any atom is -0.339 e. The van der Waals surface area contributed by atoms with Crippen LogP contribution in [0.1, 0.15) is 30.1 Å². The maximum absolute atomic E-state index is 12.8. The van der Waals surface area contributed by atoms with E-state index < -0.39 is 11.9 Å². The van der Waals surface area contributed by atoms with E-state index in [1.807, 2.05) is 0 Å². The summed E-state index contributed by atoms with van der Waals surface area (Å²) < 4.78 is 39.6. The highest BCUT2D eigenvalue weighted by Crippen LogP contribution is 2.42. The highest BCUT2D eigenvalue weighted by atomic mass is 32.2. The quantitative estimate of drug-likeness (QED) is 0.858. The van der Waals surface area contributed by atoms with Crippen LogP contribution in [0.5, 0.6) is 0 Å². The maximum atomic E-state index is 12.8. The van der Waals surface area contributed by atoms with Crippen LogP contribution in [0.3, 0.4) is 0 Å². The standard InChI is InChI=1S/C13H16F3N3OS/c14-13(15,16)11-7-10(9-1-2-9)19(17-11)8-12(20)18-3-5-21-6-4-18/h7,9H,1-6,8H2. The third-order valence-corrected chi connectivity index (χ3v) is 4.69. The van der Waals surface area contributed by atoms with Crippen LogP contribution in [0.15, 0.2) is 6.07 Å². The lowest BCUT2D eigenvalue weighted by atomic mass is 10.2. The third kappa shape index (κ3) is 3.36. The van der Waals surface area contributed by atoms with Gasteiger partial charge in [0.05, 0.1) is 0 Å². The van der Waals surface area contributed by atoms with Gasteiger partial charge < -0.3 is 4.90 Å². The van der Waals surface area contributed by atoms with E-state index in [0.29, 0.717) is 18.8 Å². The van der Waals surface area contributed by atoms with Crippen molar-refractivity contribution in [2.75, 3.05) is 24.6 Å². The molecule has 1 aromatic rings. The number of rotatable bonds is 3. The van der Waals surface area contributed by atoms with Crippen LogP contribution in [0, 0.1) is 0 Å². The molecule has 0 bridgehead atoms. The summed E-state index contributed by atoms with van der Waals surface area (Å²) in [6, 6.07) is 1.09. The highest BCUT2D eigenvalue weighted by molar-refractivity contribution is 7.99. The van der Waals surface area contributed by atoms with Gasteiger partial charge in [-0.05, 0) is 18.9 Å². The Morgan fingerprint density at radius 1 is 1.33 bits per heavy atom. The van der Waals surface area contributed by atoms with Crippen molar-refractivity contribution in [2.24, 2.45) is 0 Å². The average Bonchev–Trinajstić information content (AvgIpc) is 3.20. The van der Waals surface area contributed by atoms with E-state index in [9.17, 15) is 18.0 Å². The van der Waals surface area contributed by atoms with Crippen LogP contribution in [0.25, 0.3) is 0 Å². The summed E-state index contributed by atoms with van der Waals surface area (Å²) in [6.45, 7) is 1.23. The van der Waals surface area contributed by atoms with Crippen molar-refractivity contribution in [3.63, 3.8) is 0 Å². The monoisotopic (exact) mass is 319 g/mol. The summed E-state index contributed by atoms with van der Waals surface area (Å²) in [5, 5.41) is 3.62. The molecule has 1 aromatic heterocycles. The first-order valence-electron chi connectivity index (χ1n) is 6.95.